The lowest BCUT2D eigenvalue weighted by molar-refractivity contribution is 0.0782. The molecule has 0 saturated carbocycles. The Kier molecular flexibility index (Phi) is 2.25. The van der Waals surface area contributed by atoms with E-state index in [-0.39, 0.29) is 5.91 Å². The minimum atomic E-state index is 0.214. The van der Waals surface area contributed by atoms with Gasteiger partial charge in [-0.2, -0.15) is 11.3 Å². The van der Waals surface area contributed by atoms with Crippen molar-refractivity contribution in [3.63, 3.8) is 0 Å². The molecule has 2 saturated heterocycles. The van der Waals surface area contributed by atoms with Gasteiger partial charge >= 0.3 is 0 Å². The van der Waals surface area contributed by atoms with E-state index >= 15 is 0 Å². The summed E-state index contributed by atoms with van der Waals surface area (Å²) in [5.74, 6) is 1.59. The number of thiophene rings is 1. The summed E-state index contributed by atoms with van der Waals surface area (Å²) in [7, 11) is 0. The summed E-state index contributed by atoms with van der Waals surface area (Å²) in [6.07, 6.45) is 0. The van der Waals surface area contributed by atoms with Crippen molar-refractivity contribution in [1.82, 2.24) is 10.2 Å². The summed E-state index contributed by atoms with van der Waals surface area (Å²) in [5.41, 5.74) is 0.855. The Morgan fingerprint density at radius 2 is 2.13 bits per heavy atom. The zero-order chi connectivity index (χ0) is 10.3. The summed E-state index contributed by atoms with van der Waals surface area (Å²) in [5, 5.41) is 7.29. The van der Waals surface area contributed by atoms with Gasteiger partial charge in [-0.15, -0.1) is 0 Å². The van der Waals surface area contributed by atoms with Crippen LogP contribution >= 0.6 is 11.3 Å². The van der Waals surface area contributed by atoms with Gasteiger partial charge in [0.1, 0.15) is 0 Å². The molecule has 2 aliphatic heterocycles. The van der Waals surface area contributed by atoms with E-state index in [9.17, 15) is 4.79 Å². The number of rotatable bonds is 1. The van der Waals surface area contributed by atoms with Crippen molar-refractivity contribution < 1.29 is 4.79 Å². The monoisotopic (exact) mass is 222 g/mol. The molecule has 0 aromatic carbocycles. The highest BCUT2D eigenvalue weighted by atomic mass is 32.1. The average Bonchev–Trinajstić information content (AvgIpc) is 2.92. The Bertz CT molecular complexity index is 351. The zero-order valence-corrected chi connectivity index (χ0v) is 9.30. The highest BCUT2D eigenvalue weighted by Gasteiger charge is 2.38. The summed E-state index contributed by atoms with van der Waals surface area (Å²) in [4.78, 5) is 14.1. The molecular weight excluding hydrogens is 208 g/mol. The predicted molar refractivity (Wildman–Crippen MR) is 60.1 cm³/mol. The fourth-order valence-electron chi connectivity index (χ4n) is 2.59. The number of hydrogen-bond acceptors (Lipinski definition) is 3. The van der Waals surface area contributed by atoms with Crippen LogP contribution in [0, 0.1) is 11.8 Å². The molecule has 3 nitrogen and oxygen atoms in total. The van der Waals surface area contributed by atoms with Crippen molar-refractivity contribution in [1.29, 1.82) is 0 Å². The zero-order valence-electron chi connectivity index (χ0n) is 8.48. The number of fused-ring (bicyclic) bond motifs is 1. The third-order valence-corrected chi connectivity index (χ3v) is 4.13. The van der Waals surface area contributed by atoms with Crippen LogP contribution in [0.4, 0.5) is 0 Å². The molecule has 3 rings (SSSR count). The van der Waals surface area contributed by atoms with Crippen LogP contribution < -0.4 is 5.32 Å². The third-order valence-electron chi connectivity index (χ3n) is 3.44. The van der Waals surface area contributed by atoms with Gasteiger partial charge in [0.05, 0.1) is 5.56 Å². The van der Waals surface area contributed by atoms with Crippen LogP contribution in [0.3, 0.4) is 0 Å². The highest BCUT2D eigenvalue weighted by Crippen LogP contribution is 2.27. The Morgan fingerprint density at radius 1 is 1.40 bits per heavy atom. The van der Waals surface area contributed by atoms with E-state index in [4.69, 9.17) is 0 Å². The quantitative estimate of drug-likeness (QED) is 0.770. The summed E-state index contributed by atoms with van der Waals surface area (Å²) >= 11 is 1.59. The maximum absolute atomic E-state index is 12.1. The molecule has 1 aromatic rings. The van der Waals surface area contributed by atoms with Crippen LogP contribution in [-0.2, 0) is 0 Å². The van der Waals surface area contributed by atoms with Crippen molar-refractivity contribution in [2.75, 3.05) is 26.2 Å². The molecule has 15 heavy (non-hydrogen) atoms. The fourth-order valence-corrected chi connectivity index (χ4v) is 3.22. The first-order valence-electron chi connectivity index (χ1n) is 5.37. The number of carbonyl (C=O) groups excluding carboxylic acids is 1. The van der Waals surface area contributed by atoms with Crippen LogP contribution in [0.25, 0.3) is 0 Å². The van der Waals surface area contributed by atoms with Crippen molar-refractivity contribution in [2.45, 2.75) is 0 Å². The van der Waals surface area contributed by atoms with E-state index in [0.29, 0.717) is 11.8 Å². The SMILES string of the molecule is O=C(c1ccsc1)N1C[C@H]2CNC[C@@H]2C1. The van der Waals surface area contributed by atoms with Gasteiger partial charge in [-0.05, 0) is 23.3 Å². The first-order valence-corrected chi connectivity index (χ1v) is 6.31. The molecule has 1 N–H and O–H groups in total. The molecule has 0 spiro atoms. The van der Waals surface area contributed by atoms with Gasteiger partial charge in [0.25, 0.3) is 5.91 Å². The number of nitrogens with one attached hydrogen (secondary N) is 1. The molecule has 0 radical (unpaired) electrons. The van der Waals surface area contributed by atoms with E-state index in [1.54, 1.807) is 11.3 Å². The number of amides is 1. The van der Waals surface area contributed by atoms with Crippen molar-refractivity contribution in [3.05, 3.63) is 22.4 Å². The maximum Gasteiger partial charge on any atom is 0.254 e. The van der Waals surface area contributed by atoms with E-state index in [0.717, 1.165) is 31.7 Å². The van der Waals surface area contributed by atoms with Crippen LogP contribution in [0.15, 0.2) is 16.8 Å². The van der Waals surface area contributed by atoms with Crippen molar-refractivity contribution in [2.24, 2.45) is 11.8 Å². The molecule has 0 unspecified atom stereocenters. The van der Waals surface area contributed by atoms with Gasteiger partial charge in [0, 0.05) is 31.6 Å². The Morgan fingerprint density at radius 3 is 2.73 bits per heavy atom. The van der Waals surface area contributed by atoms with Crippen LogP contribution in [0.1, 0.15) is 10.4 Å². The highest BCUT2D eigenvalue weighted by molar-refractivity contribution is 7.08. The Labute approximate surface area is 93.1 Å². The lowest BCUT2D eigenvalue weighted by Crippen LogP contribution is -2.31. The number of likely N-dealkylation sites (tertiary alicyclic amines) is 1. The van der Waals surface area contributed by atoms with E-state index < -0.39 is 0 Å². The number of carbonyl (C=O) groups is 1. The Hall–Kier alpha value is -0.870. The van der Waals surface area contributed by atoms with Gasteiger partial charge < -0.3 is 10.2 Å². The molecule has 2 fully saturated rings. The van der Waals surface area contributed by atoms with Crippen molar-refractivity contribution >= 4 is 17.2 Å². The van der Waals surface area contributed by atoms with Gasteiger partial charge in [-0.3, -0.25) is 4.79 Å². The number of nitrogens with zero attached hydrogens (tertiary/aromatic N) is 1. The molecule has 1 aromatic heterocycles. The average molecular weight is 222 g/mol. The van der Waals surface area contributed by atoms with E-state index in [1.165, 1.54) is 0 Å². The second-order valence-electron chi connectivity index (χ2n) is 4.40. The molecule has 4 heteroatoms. The normalized spacial score (nSPS) is 29.5. The molecule has 0 aliphatic carbocycles. The third kappa shape index (κ3) is 1.58. The second-order valence-corrected chi connectivity index (χ2v) is 5.18. The lowest BCUT2D eigenvalue weighted by atomic mass is 10.0. The number of hydrogen-bond donors (Lipinski definition) is 1. The topological polar surface area (TPSA) is 32.3 Å². The molecule has 0 bridgehead atoms. The maximum atomic E-state index is 12.1. The molecular formula is C11H14N2OS. The smallest absolute Gasteiger partial charge is 0.254 e. The summed E-state index contributed by atoms with van der Waals surface area (Å²) in [6, 6.07) is 1.92. The minimum Gasteiger partial charge on any atom is -0.338 e. The molecule has 1 amide bonds. The lowest BCUT2D eigenvalue weighted by Gasteiger charge is -2.16. The van der Waals surface area contributed by atoms with Gasteiger partial charge in [0.2, 0.25) is 0 Å². The van der Waals surface area contributed by atoms with E-state index in [2.05, 4.69) is 5.32 Å². The fraction of sp³-hybridized carbons (Fsp3) is 0.545. The van der Waals surface area contributed by atoms with Crippen LogP contribution in [0.5, 0.6) is 0 Å². The molecule has 2 aliphatic rings. The molecule has 3 heterocycles. The summed E-state index contributed by atoms with van der Waals surface area (Å²) in [6.45, 7) is 4.04. The van der Waals surface area contributed by atoms with Crippen LogP contribution in [-0.4, -0.2) is 37.0 Å². The molecule has 80 valence electrons. The van der Waals surface area contributed by atoms with Crippen LogP contribution in [0.2, 0.25) is 0 Å². The van der Waals surface area contributed by atoms with Gasteiger partial charge in [-0.25, -0.2) is 0 Å². The largest absolute Gasteiger partial charge is 0.338 e. The van der Waals surface area contributed by atoms with Crippen molar-refractivity contribution in [3.8, 4) is 0 Å². The standard InChI is InChI=1S/C11H14N2OS/c14-11(8-1-2-15-7-8)13-5-9-3-12-4-10(9)6-13/h1-2,7,9-10,12H,3-6H2/t9-,10-/m1/s1. The molecule has 2 atom stereocenters. The van der Waals surface area contributed by atoms with E-state index in [1.807, 2.05) is 21.7 Å². The minimum absolute atomic E-state index is 0.214. The summed E-state index contributed by atoms with van der Waals surface area (Å²) < 4.78 is 0. The van der Waals surface area contributed by atoms with Gasteiger partial charge in [-0.1, -0.05) is 0 Å². The first kappa shape index (κ1) is 9.36. The Balaban J connectivity index is 1.72. The van der Waals surface area contributed by atoms with Gasteiger partial charge in [0.15, 0.2) is 0 Å². The first-order chi connectivity index (χ1) is 7.34. The second kappa shape index (κ2) is 3.61. The predicted octanol–water partition coefficient (Wildman–Crippen LogP) is 1.04.